The number of nitrogens with zero attached hydrogens (tertiary/aromatic N) is 1. The van der Waals surface area contributed by atoms with E-state index in [0.29, 0.717) is 6.04 Å². The van der Waals surface area contributed by atoms with Gasteiger partial charge in [0.25, 0.3) is 0 Å². The highest BCUT2D eigenvalue weighted by Gasteiger charge is 2.11. The second-order valence-corrected chi connectivity index (χ2v) is 2.45. The van der Waals surface area contributed by atoms with Crippen molar-refractivity contribution < 1.29 is 4.74 Å². The van der Waals surface area contributed by atoms with Crippen molar-refractivity contribution in [2.45, 2.75) is 19.4 Å². The summed E-state index contributed by atoms with van der Waals surface area (Å²) in [5.41, 5.74) is 0. The Kier molecular flexibility index (Phi) is 2.49. The van der Waals surface area contributed by atoms with Gasteiger partial charge in [-0.25, -0.2) is 0 Å². The van der Waals surface area contributed by atoms with Gasteiger partial charge in [-0.05, 0) is 13.0 Å². The van der Waals surface area contributed by atoms with E-state index in [1.54, 1.807) is 0 Å². The molecule has 1 atom stereocenters. The highest BCUT2D eigenvalue weighted by Crippen LogP contribution is 2.07. The van der Waals surface area contributed by atoms with Crippen LogP contribution in [-0.2, 0) is 4.74 Å². The largest absolute Gasteiger partial charge is 0.453 e. The van der Waals surface area contributed by atoms with E-state index in [1.165, 1.54) is 0 Å². The maximum atomic E-state index is 5.26. The van der Waals surface area contributed by atoms with Gasteiger partial charge in [-0.2, -0.15) is 0 Å². The molecule has 0 radical (unpaired) electrons. The summed E-state index contributed by atoms with van der Waals surface area (Å²) in [5.74, 6) is 0. The maximum absolute atomic E-state index is 5.26. The minimum atomic E-state index is 0.554. The zero-order valence-corrected chi connectivity index (χ0v) is 5.97. The number of hydrogen-bond donors (Lipinski definition) is 0. The van der Waals surface area contributed by atoms with Crippen LogP contribution >= 0.6 is 0 Å². The quantitative estimate of drug-likeness (QED) is 0.486. The summed E-state index contributed by atoms with van der Waals surface area (Å²) in [6.07, 6.45) is 1.14. The van der Waals surface area contributed by atoms with Crippen LogP contribution < -0.4 is 0 Å². The molecule has 0 amide bonds. The van der Waals surface area contributed by atoms with Gasteiger partial charge in [0.2, 0.25) is 0 Å². The standard InChI is InChI=1S/C7H14NO/c1-3-7-6-9-5-4-8(7)2/h7H,2-6H2,1H3/q-1/t7-/m1/s1. The second-order valence-electron chi connectivity index (χ2n) is 2.45. The molecule has 0 saturated carbocycles. The minimum Gasteiger partial charge on any atom is -0.453 e. The van der Waals surface area contributed by atoms with Crippen LogP contribution in [0.3, 0.4) is 0 Å². The molecule has 1 aliphatic heterocycles. The Bertz CT molecular complexity index is 85.0. The molecule has 0 spiro atoms. The fraction of sp³-hybridized carbons (Fsp3) is 0.857. The molecule has 9 heavy (non-hydrogen) atoms. The van der Waals surface area contributed by atoms with Gasteiger partial charge in [-0.3, -0.25) is 7.05 Å². The third kappa shape index (κ3) is 1.66. The SMILES string of the molecule is [CH2-]N1CCOC[C@H]1CC. The van der Waals surface area contributed by atoms with Crippen LogP contribution in [-0.4, -0.2) is 30.7 Å². The van der Waals surface area contributed by atoms with Gasteiger partial charge in [0.1, 0.15) is 0 Å². The van der Waals surface area contributed by atoms with Crippen molar-refractivity contribution >= 4 is 0 Å². The molecule has 2 heteroatoms. The van der Waals surface area contributed by atoms with Gasteiger partial charge in [0.15, 0.2) is 0 Å². The molecule has 0 unspecified atom stereocenters. The zero-order valence-electron chi connectivity index (χ0n) is 5.97. The van der Waals surface area contributed by atoms with Gasteiger partial charge in [-0.1, -0.05) is 6.92 Å². The van der Waals surface area contributed by atoms with Gasteiger partial charge in [0, 0.05) is 6.04 Å². The Morgan fingerprint density at radius 1 is 1.78 bits per heavy atom. The lowest BCUT2D eigenvalue weighted by Crippen LogP contribution is -2.40. The number of ether oxygens (including phenoxy) is 1. The molecule has 54 valence electrons. The highest BCUT2D eigenvalue weighted by atomic mass is 16.5. The molecule has 1 heterocycles. The first-order valence-corrected chi connectivity index (χ1v) is 3.49. The Labute approximate surface area is 56.8 Å². The molecule has 0 aromatic heterocycles. The Morgan fingerprint density at radius 2 is 2.56 bits per heavy atom. The van der Waals surface area contributed by atoms with Crippen molar-refractivity contribution in [1.82, 2.24) is 4.90 Å². The van der Waals surface area contributed by atoms with Gasteiger partial charge in [0.05, 0.1) is 13.2 Å². The van der Waals surface area contributed by atoms with Crippen LogP contribution in [0.15, 0.2) is 0 Å². The predicted octanol–water partition coefficient (Wildman–Crippen LogP) is 0.889. The molecule has 0 bridgehead atoms. The van der Waals surface area contributed by atoms with Crippen LogP contribution in [0.4, 0.5) is 0 Å². The van der Waals surface area contributed by atoms with Gasteiger partial charge >= 0.3 is 0 Å². The summed E-state index contributed by atoms with van der Waals surface area (Å²) < 4.78 is 5.26. The number of hydrogen-bond acceptors (Lipinski definition) is 2. The van der Waals surface area contributed by atoms with E-state index in [2.05, 4.69) is 18.9 Å². The minimum absolute atomic E-state index is 0.554. The van der Waals surface area contributed by atoms with E-state index in [1.807, 2.05) is 0 Å². The zero-order chi connectivity index (χ0) is 6.69. The molecule has 1 fully saturated rings. The average molecular weight is 128 g/mol. The van der Waals surface area contributed by atoms with Crippen molar-refractivity contribution in [2.75, 3.05) is 19.8 Å². The van der Waals surface area contributed by atoms with E-state index < -0.39 is 0 Å². The lowest BCUT2D eigenvalue weighted by Gasteiger charge is -2.38. The normalized spacial score (nSPS) is 30.7. The van der Waals surface area contributed by atoms with Gasteiger partial charge in [-0.15, -0.1) is 0 Å². The van der Waals surface area contributed by atoms with E-state index in [9.17, 15) is 0 Å². The average Bonchev–Trinajstić information content (AvgIpc) is 1.89. The molecular weight excluding hydrogens is 114 g/mol. The lowest BCUT2D eigenvalue weighted by molar-refractivity contribution is 0.0135. The van der Waals surface area contributed by atoms with Crippen molar-refractivity contribution in [3.8, 4) is 0 Å². The monoisotopic (exact) mass is 128 g/mol. The van der Waals surface area contributed by atoms with E-state index >= 15 is 0 Å². The summed E-state index contributed by atoms with van der Waals surface area (Å²) in [7, 11) is 3.90. The molecular formula is C7H14NO-. The Balaban J connectivity index is 2.30. The summed E-state index contributed by atoms with van der Waals surface area (Å²) in [4.78, 5) is 2.11. The Morgan fingerprint density at radius 3 is 3.00 bits per heavy atom. The predicted molar refractivity (Wildman–Crippen MR) is 37.0 cm³/mol. The number of rotatable bonds is 1. The number of morpholine rings is 1. The topological polar surface area (TPSA) is 12.5 Å². The van der Waals surface area contributed by atoms with Crippen molar-refractivity contribution in [1.29, 1.82) is 0 Å². The molecule has 0 aromatic carbocycles. The Hall–Kier alpha value is -0.0800. The van der Waals surface area contributed by atoms with E-state index in [4.69, 9.17) is 4.74 Å². The summed E-state index contributed by atoms with van der Waals surface area (Å²) in [5, 5.41) is 0. The van der Waals surface area contributed by atoms with E-state index in [0.717, 1.165) is 26.2 Å². The first-order chi connectivity index (χ1) is 4.34. The summed E-state index contributed by atoms with van der Waals surface area (Å²) >= 11 is 0. The lowest BCUT2D eigenvalue weighted by atomic mass is 10.2. The first-order valence-electron chi connectivity index (χ1n) is 3.49. The van der Waals surface area contributed by atoms with Crippen LogP contribution in [0.1, 0.15) is 13.3 Å². The van der Waals surface area contributed by atoms with Crippen molar-refractivity contribution in [3.05, 3.63) is 7.05 Å². The smallest absolute Gasteiger partial charge is 0.0598 e. The van der Waals surface area contributed by atoms with Crippen molar-refractivity contribution in [2.24, 2.45) is 0 Å². The maximum Gasteiger partial charge on any atom is 0.0598 e. The van der Waals surface area contributed by atoms with Crippen molar-refractivity contribution in [3.63, 3.8) is 0 Å². The molecule has 0 N–H and O–H groups in total. The van der Waals surface area contributed by atoms with Crippen LogP contribution in [0.2, 0.25) is 0 Å². The fourth-order valence-electron chi connectivity index (χ4n) is 1.07. The van der Waals surface area contributed by atoms with Crippen LogP contribution in [0.5, 0.6) is 0 Å². The summed E-state index contributed by atoms with van der Waals surface area (Å²) in [6.45, 7) is 4.86. The summed E-state index contributed by atoms with van der Waals surface area (Å²) in [6, 6.07) is 0.554. The molecule has 1 rings (SSSR count). The molecule has 2 nitrogen and oxygen atoms in total. The van der Waals surface area contributed by atoms with Gasteiger partial charge < -0.3 is 9.64 Å². The molecule has 1 aliphatic rings. The highest BCUT2D eigenvalue weighted by molar-refractivity contribution is 4.72. The van der Waals surface area contributed by atoms with Crippen LogP contribution in [0, 0.1) is 7.05 Å². The molecule has 0 aliphatic carbocycles. The third-order valence-electron chi connectivity index (χ3n) is 1.82. The fourth-order valence-corrected chi connectivity index (χ4v) is 1.07. The first kappa shape index (κ1) is 7.03. The third-order valence-corrected chi connectivity index (χ3v) is 1.82. The van der Waals surface area contributed by atoms with Crippen LogP contribution in [0.25, 0.3) is 0 Å². The van der Waals surface area contributed by atoms with E-state index in [-0.39, 0.29) is 0 Å². The molecule has 0 aromatic rings. The molecule has 1 saturated heterocycles. The second kappa shape index (κ2) is 3.18.